The summed E-state index contributed by atoms with van der Waals surface area (Å²) in [5, 5.41) is 7.91. The lowest BCUT2D eigenvalue weighted by molar-refractivity contribution is 0.102. The fourth-order valence-corrected chi connectivity index (χ4v) is 3.45. The molecule has 0 aliphatic heterocycles. The second kappa shape index (κ2) is 9.49. The van der Waals surface area contributed by atoms with Crippen molar-refractivity contribution in [3.8, 4) is 5.75 Å². The molecule has 1 aromatic heterocycles. The number of halogens is 1. The Balaban J connectivity index is 1.38. The number of amides is 1. The third-order valence-corrected chi connectivity index (χ3v) is 5.03. The van der Waals surface area contributed by atoms with E-state index in [4.69, 9.17) is 16.3 Å². The average Bonchev–Trinajstić information content (AvgIpc) is 3.20. The Morgan fingerprint density at radius 3 is 2.65 bits per heavy atom. The molecule has 5 nitrogen and oxygen atoms in total. The van der Waals surface area contributed by atoms with Gasteiger partial charge in [0.15, 0.2) is 0 Å². The van der Waals surface area contributed by atoms with E-state index in [-0.39, 0.29) is 5.91 Å². The van der Waals surface area contributed by atoms with Crippen LogP contribution in [0, 0.1) is 6.92 Å². The summed E-state index contributed by atoms with van der Waals surface area (Å²) >= 11 is 5.99. The van der Waals surface area contributed by atoms with Gasteiger partial charge in [-0.05, 0) is 53.9 Å². The highest BCUT2D eigenvalue weighted by molar-refractivity contribution is 6.30. The van der Waals surface area contributed by atoms with Crippen LogP contribution in [0.1, 0.15) is 27.0 Å². The van der Waals surface area contributed by atoms with Crippen molar-refractivity contribution < 1.29 is 9.53 Å². The van der Waals surface area contributed by atoms with E-state index < -0.39 is 0 Å². The van der Waals surface area contributed by atoms with Crippen LogP contribution in [-0.4, -0.2) is 15.7 Å². The van der Waals surface area contributed by atoms with Crippen molar-refractivity contribution in [2.24, 2.45) is 0 Å². The molecular formula is C25H22ClN3O2. The molecule has 0 aliphatic rings. The van der Waals surface area contributed by atoms with E-state index in [9.17, 15) is 4.79 Å². The first kappa shape index (κ1) is 20.7. The minimum Gasteiger partial charge on any atom is -0.489 e. The molecule has 0 aliphatic carbocycles. The second-order valence-electron chi connectivity index (χ2n) is 7.27. The largest absolute Gasteiger partial charge is 0.489 e. The normalized spacial score (nSPS) is 10.6. The number of aryl methyl sites for hydroxylation is 1. The Morgan fingerprint density at radius 2 is 1.84 bits per heavy atom. The van der Waals surface area contributed by atoms with Crippen LogP contribution in [0.15, 0.2) is 85.2 Å². The maximum absolute atomic E-state index is 12.7. The number of benzene rings is 3. The van der Waals surface area contributed by atoms with E-state index in [0.717, 1.165) is 22.4 Å². The molecule has 0 fully saturated rings. The first-order valence-electron chi connectivity index (χ1n) is 9.92. The number of hydrogen-bond acceptors (Lipinski definition) is 3. The maximum Gasteiger partial charge on any atom is 0.255 e. The molecule has 3 aromatic carbocycles. The molecule has 0 radical (unpaired) electrons. The Bertz CT molecular complexity index is 1190. The summed E-state index contributed by atoms with van der Waals surface area (Å²) < 4.78 is 7.68. The summed E-state index contributed by atoms with van der Waals surface area (Å²) in [6, 6.07) is 22.9. The minimum atomic E-state index is -0.191. The van der Waals surface area contributed by atoms with Crippen LogP contribution >= 0.6 is 11.6 Å². The first-order valence-corrected chi connectivity index (χ1v) is 10.3. The highest BCUT2D eigenvalue weighted by Crippen LogP contribution is 2.23. The van der Waals surface area contributed by atoms with Crippen LogP contribution < -0.4 is 10.1 Å². The van der Waals surface area contributed by atoms with Gasteiger partial charge in [0.2, 0.25) is 0 Å². The summed E-state index contributed by atoms with van der Waals surface area (Å²) in [5.74, 6) is 0.578. The van der Waals surface area contributed by atoms with Crippen LogP contribution in [0.2, 0.25) is 5.02 Å². The van der Waals surface area contributed by atoms with Gasteiger partial charge in [0.1, 0.15) is 12.4 Å². The number of rotatable bonds is 7. The summed E-state index contributed by atoms with van der Waals surface area (Å²) in [6.07, 6.45) is 3.47. The Hall–Kier alpha value is -3.57. The van der Waals surface area contributed by atoms with Gasteiger partial charge < -0.3 is 10.1 Å². The average molecular weight is 432 g/mol. The van der Waals surface area contributed by atoms with E-state index in [1.165, 1.54) is 0 Å². The highest BCUT2D eigenvalue weighted by Gasteiger charge is 2.09. The zero-order chi connectivity index (χ0) is 21.6. The van der Waals surface area contributed by atoms with E-state index in [2.05, 4.69) is 10.4 Å². The van der Waals surface area contributed by atoms with Crippen LogP contribution in [0.4, 0.5) is 5.69 Å². The predicted molar refractivity (Wildman–Crippen MR) is 123 cm³/mol. The maximum atomic E-state index is 12.7. The number of aromatic nitrogens is 2. The van der Waals surface area contributed by atoms with Crippen molar-refractivity contribution in [1.29, 1.82) is 0 Å². The summed E-state index contributed by atoms with van der Waals surface area (Å²) in [6.45, 7) is 2.95. The van der Waals surface area contributed by atoms with E-state index in [1.54, 1.807) is 23.0 Å². The fraction of sp³-hybridized carbons (Fsp3) is 0.120. The quantitative estimate of drug-likeness (QED) is 0.407. The first-order chi connectivity index (χ1) is 15.1. The van der Waals surface area contributed by atoms with Crippen molar-refractivity contribution in [1.82, 2.24) is 9.78 Å². The van der Waals surface area contributed by atoms with Crippen molar-refractivity contribution in [2.75, 3.05) is 5.32 Å². The van der Waals surface area contributed by atoms with Crippen LogP contribution in [-0.2, 0) is 13.2 Å². The van der Waals surface area contributed by atoms with Gasteiger partial charge in [-0.3, -0.25) is 9.48 Å². The third kappa shape index (κ3) is 5.53. The number of nitrogens with one attached hydrogen (secondary N) is 1. The summed E-state index contributed by atoms with van der Waals surface area (Å²) in [4.78, 5) is 12.7. The van der Waals surface area contributed by atoms with Gasteiger partial charge in [0.05, 0.1) is 18.4 Å². The van der Waals surface area contributed by atoms with Crippen LogP contribution in [0.3, 0.4) is 0 Å². The monoisotopic (exact) mass is 431 g/mol. The molecule has 6 heteroatoms. The molecule has 156 valence electrons. The molecule has 0 bridgehead atoms. The van der Waals surface area contributed by atoms with Crippen molar-refractivity contribution in [3.63, 3.8) is 0 Å². The number of nitrogens with zero attached hydrogens (tertiary/aromatic N) is 2. The summed E-state index contributed by atoms with van der Waals surface area (Å²) in [5.41, 5.74) is 4.23. The Kier molecular flexibility index (Phi) is 6.34. The number of carbonyl (C=O) groups excluding carboxylic acids is 1. The molecule has 0 unspecified atom stereocenters. The smallest absolute Gasteiger partial charge is 0.255 e. The zero-order valence-corrected chi connectivity index (χ0v) is 17.8. The van der Waals surface area contributed by atoms with Gasteiger partial charge in [-0.2, -0.15) is 5.10 Å². The number of carbonyl (C=O) groups is 1. The standard InChI is InChI=1S/C25H22ClN3O2/c1-18-12-22(26)10-11-24(18)31-17-20-8-5-9-21(13-20)25(30)28-23-14-27-29(16-23)15-19-6-3-2-4-7-19/h2-14,16H,15,17H2,1H3,(H,28,30). The van der Waals surface area contributed by atoms with Gasteiger partial charge >= 0.3 is 0 Å². The molecule has 31 heavy (non-hydrogen) atoms. The predicted octanol–water partition coefficient (Wildman–Crippen LogP) is 5.72. The molecule has 4 aromatic rings. The van der Waals surface area contributed by atoms with Crippen LogP contribution in [0.5, 0.6) is 5.75 Å². The number of ether oxygens (including phenoxy) is 1. The van der Waals surface area contributed by atoms with E-state index >= 15 is 0 Å². The van der Waals surface area contributed by atoms with Gasteiger partial charge in [0, 0.05) is 16.8 Å². The SMILES string of the molecule is Cc1cc(Cl)ccc1OCc1cccc(C(=O)Nc2cnn(Cc3ccccc3)c2)c1. The zero-order valence-electron chi connectivity index (χ0n) is 17.1. The molecule has 1 amide bonds. The van der Waals surface area contributed by atoms with Crippen LogP contribution in [0.25, 0.3) is 0 Å². The van der Waals surface area contributed by atoms with Crippen molar-refractivity contribution in [2.45, 2.75) is 20.1 Å². The topological polar surface area (TPSA) is 56.1 Å². The lowest BCUT2D eigenvalue weighted by Gasteiger charge is -2.10. The molecule has 1 N–H and O–H groups in total. The van der Waals surface area contributed by atoms with Crippen molar-refractivity contribution in [3.05, 3.63) is 112 Å². The van der Waals surface area contributed by atoms with Gasteiger partial charge in [-0.25, -0.2) is 0 Å². The lowest BCUT2D eigenvalue weighted by atomic mass is 10.1. The van der Waals surface area contributed by atoms with Crippen molar-refractivity contribution >= 4 is 23.2 Å². The van der Waals surface area contributed by atoms with Gasteiger partial charge in [-0.1, -0.05) is 54.1 Å². The van der Waals surface area contributed by atoms with Gasteiger partial charge in [-0.15, -0.1) is 0 Å². The van der Waals surface area contributed by atoms with E-state index in [0.29, 0.717) is 29.4 Å². The molecule has 0 saturated heterocycles. The fourth-order valence-electron chi connectivity index (χ4n) is 3.23. The molecule has 0 atom stereocenters. The molecule has 4 rings (SSSR count). The molecule has 0 spiro atoms. The second-order valence-corrected chi connectivity index (χ2v) is 7.70. The molecule has 0 saturated carbocycles. The number of anilines is 1. The lowest BCUT2D eigenvalue weighted by Crippen LogP contribution is -2.12. The van der Waals surface area contributed by atoms with Gasteiger partial charge in [0.25, 0.3) is 5.91 Å². The highest BCUT2D eigenvalue weighted by atomic mass is 35.5. The number of hydrogen-bond donors (Lipinski definition) is 1. The Labute approximate surface area is 186 Å². The molecule has 1 heterocycles. The van der Waals surface area contributed by atoms with E-state index in [1.807, 2.05) is 73.8 Å². The third-order valence-electron chi connectivity index (χ3n) is 4.80. The molecular weight excluding hydrogens is 410 g/mol. The minimum absolute atomic E-state index is 0.191. The summed E-state index contributed by atoms with van der Waals surface area (Å²) in [7, 11) is 0. The Morgan fingerprint density at radius 1 is 1.03 bits per heavy atom.